The van der Waals surface area contributed by atoms with Crippen LogP contribution in [0, 0.1) is 0 Å². The van der Waals surface area contributed by atoms with Crippen molar-refractivity contribution >= 4 is 34.1 Å². The molecule has 0 bridgehead atoms. The van der Waals surface area contributed by atoms with E-state index in [9.17, 15) is 0 Å². The van der Waals surface area contributed by atoms with E-state index >= 15 is 0 Å². The SMILES string of the molecule is COc1cc(CNCCc2c[nH]c3ccccc23)ccc1OCc1c(Cl)cccc1Cl. The van der Waals surface area contributed by atoms with E-state index in [0.717, 1.165) is 30.6 Å². The van der Waals surface area contributed by atoms with Crippen LogP contribution in [0.1, 0.15) is 16.7 Å². The molecule has 31 heavy (non-hydrogen) atoms. The van der Waals surface area contributed by atoms with E-state index in [1.165, 1.54) is 16.5 Å². The van der Waals surface area contributed by atoms with Gasteiger partial charge < -0.3 is 19.8 Å². The highest BCUT2D eigenvalue weighted by Gasteiger charge is 2.10. The minimum atomic E-state index is 0.275. The van der Waals surface area contributed by atoms with Crippen LogP contribution in [-0.2, 0) is 19.6 Å². The number of nitrogens with one attached hydrogen (secondary N) is 2. The quantitative estimate of drug-likeness (QED) is 0.287. The fraction of sp³-hybridized carbons (Fsp3) is 0.200. The summed E-state index contributed by atoms with van der Waals surface area (Å²) in [6.45, 7) is 1.90. The predicted octanol–water partition coefficient (Wildman–Crippen LogP) is 6.39. The monoisotopic (exact) mass is 454 g/mol. The van der Waals surface area contributed by atoms with Crippen LogP contribution in [0.5, 0.6) is 11.5 Å². The van der Waals surface area contributed by atoms with Gasteiger partial charge in [-0.05, 0) is 54.4 Å². The van der Waals surface area contributed by atoms with Crippen LogP contribution < -0.4 is 14.8 Å². The van der Waals surface area contributed by atoms with Gasteiger partial charge in [0.25, 0.3) is 0 Å². The van der Waals surface area contributed by atoms with E-state index in [4.69, 9.17) is 32.7 Å². The molecule has 0 amide bonds. The number of hydrogen-bond donors (Lipinski definition) is 2. The highest BCUT2D eigenvalue weighted by molar-refractivity contribution is 6.35. The van der Waals surface area contributed by atoms with E-state index in [0.29, 0.717) is 21.5 Å². The summed E-state index contributed by atoms with van der Waals surface area (Å²) in [6, 6.07) is 19.7. The second-order valence-electron chi connectivity index (χ2n) is 7.26. The maximum Gasteiger partial charge on any atom is 0.161 e. The molecule has 0 saturated heterocycles. The number of rotatable bonds is 9. The number of methoxy groups -OCH3 is 1. The van der Waals surface area contributed by atoms with Gasteiger partial charge in [0.15, 0.2) is 11.5 Å². The second kappa shape index (κ2) is 10.1. The van der Waals surface area contributed by atoms with Crippen LogP contribution in [0.4, 0.5) is 0 Å². The number of aromatic nitrogens is 1. The van der Waals surface area contributed by atoms with Gasteiger partial charge in [-0.1, -0.05) is 53.5 Å². The molecule has 6 heteroatoms. The molecule has 4 aromatic rings. The lowest BCUT2D eigenvalue weighted by molar-refractivity contribution is 0.284. The molecule has 160 valence electrons. The van der Waals surface area contributed by atoms with Crippen LogP contribution >= 0.6 is 23.2 Å². The largest absolute Gasteiger partial charge is 0.493 e. The van der Waals surface area contributed by atoms with Crippen molar-refractivity contribution in [2.75, 3.05) is 13.7 Å². The minimum Gasteiger partial charge on any atom is -0.493 e. The summed E-state index contributed by atoms with van der Waals surface area (Å²) in [5.41, 5.74) is 4.38. The number of ether oxygens (including phenoxy) is 2. The number of halogens is 2. The second-order valence-corrected chi connectivity index (χ2v) is 8.07. The molecule has 0 saturated carbocycles. The summed E-state index contributed by atoms with van der Waals surface area (Å²) in [6.07, 6.45) is 3.05. The first-order valence-corrected chi connectivity index (χ1v) is 10.9. The Morgan fingerprint density at radius 2 is 1.74 bits per heavy atom. The Labute approximate surface area is 192 Å². The number of H-pyrrole nitrogens is 1. The Morgan fingerprint density at radius 1 is 0.935 bits per heavy atom. The molecule has 0 fully saturated rings. The molecule has 3 aromatic carbocycles. The van der Waals surface area contributed by atoms with Crippen molar-refractivity contribution in [3.63, 3.8) is 0 Å². The third-order valence-corrected chi connectivity index (χ3v) is 5.95. The van der Waals surface area contributed by atoms with Gasteiger partial charge in [0.2, 0.25) is 0 Å². The molecule has 0 unspecified atom stereocenters. The van der Waals surface area contributed by atoms with Gasteiger partial charge in [-0.2, -0.15) is 0 Å². The first kappa shape index (κ1) is 21.6. The van der Waals surface area contributed by atoms with Crippen molar-refractivity contribution in [1.29, 1.82) is 0 Å². The Morgan fingerprint density at radius 3 is 2.55 bits per heavy atom. The molecule has 1 aromatic heterocycles. The molecule has 0 aliphatic carbocycles. The van der Waals surface area contributed by atoms with Crippen molar-refractivity contribution in [3.8, 4) is 11.5 Å². The molecule has 0 aliphatic rings. The standard InChI is InChI=1S/C25H24Cl2N2O2/c1-30-25-13-17(9-10-24(25)31-16-20-21(26)6-4-7-22(20)27)14-28-12-11-18-15-29-23-8-3-2-5-19(18)23/h2-10,13,15,28-29H,11-12,14,16H2,1H3. The summed E-state index contributed by atoms with van der Waals surface area (Å²) in [5, 5.41) is 5.96. The van der Waals surface area contributed by atoms with Crippen LogP contribution in [0.15, 0.2) is 66.9 Å². The zero-order valence-corrected chi connectivity index (χ0v) is 18.8. The van der Waals surface area contributed by atoms with E-state index in [1.54, 1.807) is 19.2 Å². The topological polar surface area (TPSA) is 46.3 Å². The Bertz CT molecular complexity index is 1150. The van der Waals surface area contributed by atoms with Gasteiger partial charge in [-0.25, -0.2) is 0 Å². The zero-order valence-electron chi connectivity index (χ0n) is 17.3. The summed E-state index contributed by atoms with van der Waals surface area (Å²) in [7, 11) is 1.64. The molecule has 2 N–H and O–H groups in total. The first-order chi connectivity index (χ1) is 15.2. The summed E-state index contributed by atoms with van der Waals surface area (Å²) in [5.74, 6) is 1.33. The lowest BCUT2D eigenvalue weighted by Gasteiger charge is -2.14. The normalized spacial score (nSPS) is 11.1. The Kier molecular flexibility index (Phi) is 7.03. The average Bonchev–Trinajstić information content (AvgIpc) is 3.20. The maximum atomic E-state index is 6.23. The molecule has 4 nitrogen and oxygen atoms in total. The molecule has 0 aliphatic heterocycles. The summed E-state index contributed by atoms with van der Waals surface area (Å²) < 4.78 is 11.5. The van der Waals surface area contributed by atoms with Gasteiger partial charge in [-0.15, -0.1) is 0 Å². The van der Waals surface area contributed by atoms with Crippen molar-refractivity contribution in [1.82, 2.24) is 10.3 Å². The van der Waals surface area contributed by atoms with E-state index in [1.807, 2.05) is 30.3 Å². The number of hydrogen-bond acceptors (Lipinski definition) is 3. The van der Waals surface area contributed by atoms with E-state index < -0.39 is 0 Å². The lowest BCUT2D eigenvalue weighted by atomic mass is 10.1. The fourth-order valence-corrected chi connectivity index (χ4v) is 4.06. The van der Waals surface area contributed by atoms with Crippen molar-refractivity contribution in [3.05, 3.63) is 93.6 Å². The molecule has 0 spiro atoms. The maximum absolute atomic E-state index is 6.23. The smallest absolute Gasteiger partial charge is 0.161 e. The average molecular weight is 455 g/mol. The lowest BCUT2D eigenvalue weighted by Crippen LogP contribution is -2.16. The van der Waals surface area contributed by atoms with E-state index in [-0.39, 0.29) is 6.61 Å². The predicted molar refractivity (Wildman–Crippen MR) is 127 cm³/mol. The summed E-state index contributed by atoms with van der Waals surface area (Å²) in [4.78, 5) is 3.32. The molecule has 0 radical (unpaired) electrons. The molecule has 4 rings (SSSR count). The third kappa shape index (κ3) is 5.16. The van der Waals surface area contributed by atoms with E-state index in [2.05, 4.69) is 34.7 Å². The molecular weight excluding hydrogens is 431 g/mol. The van der Waals surface area contributed by atoms with Gasteiger partial charge in [0.05, 0.1) is 7.11 Å². The number of fused-ring (bicyclic) bond motifs is 1. The highest BCUT2D eigenvalue weighted by Crippen LogP contribution is 2.31. The van der Waals surface area contributed by atoms with Crippen LogP contribution in [-0.4, -0.2) is 18.6 Å². The molecule has 1 heterocycles. The van der Waals surface area contributed by atoms with Crippen LogP contribution in [0.3, 0.4) is 0 Å². The van der Waals surface area contributed by atoms with Crippen LogP contribution in [0.2, 0.25) is 10.0 Å². The third-order valence-electron chi connectivity index (χ3n) is 5.24. The Hall–Kier alpha value is -2.66. The molecular formula is C25H24Cl2N2O2. The van der Waals surface area contributed by atoms with Gasteiger partial charge in [0, 0.05) is 39.3 Å². The highest BCUT2D eigenvalue weighted by atomic mass is 35.5. The van der Waals surface area contributed by atoms with Gasteiger partial charge in [-0.3, -0.25) is 0 Å². The minimum absolute atomic E-state index is 0.275. The van der Waals surface area contributed by atoms with Gasteiger partial charge >= 0.3 is 0 Å². The van der Waals surface area contributed by atoms with Gasteiger partial charge in [0.1, 0.15) is 6.61 Å². The fourth-order valence-electron chi connectivity index (χ4n) is 3.56. The Balaban J connectivity index is 1.33. The van der Waals surface area contributed by atoms with Crippen LogP contribution in [0.25, 0.3) is 10.9 Å². The zero-order chi connectivity index (χ0) is 21.6. The molecule has 0 atom stereocenters. The van der Waals surface area contributed by atoms with Crippen molar-refractivity contribution < 1.29 is 9.47 Å². The first-order valence-electron chi connectivity index (χ1n) is 10.1. The number of para-hydroxylation sites is 1. The number of aromatic amines is 1. The number of benzene rings is 3. The van der Waals surface area contributed by atoms with Crippen molar-refractivity contribution in [2.24, 2.45) is 0 Å². The van der Waals surface area contributed by atoms with Crippen molar-refractivity contribution in [2.45, 2.75) is 19.6 Å². The summed E-state index contributed by atoms with van der Waals surface area (Å²) >= 11 is 12.5.